The third-order valence-electron chi connectivity index (χ3n) is 7.05. The van der Waals surface area contributed by atoms with Crippen molar-refractivity contribution in [2.45, 2.75) is 115 Å². The zero-order valence-electron chi connectivity index (χ0n) is 24.0. The molecule has 7 heteroatoms. The van der Waals surface area contributed by atoms with Crippen LogP contribution in [0.2, 0.25) is 5.02 Å². The van der Waals surface area contributed by atoms with Crippen LogP contribution in [0.3, 0.4) is 0 Å². The molecule has 2 amide bonds. The number of halogens is 2. The molecule has 0 aliphatic carbocycles. The molecule has 40 heavy (non-hydrogen) atoms. The van der Waals surface area contributed by atoms with E-state index < -0.39 is 17.1 Å². The number of alkyl halides is 1. The SMILES string of the molecule is CCCCCCCCCCCCCCCCCC(=O)Nc1ccc(C(=O)C(Cl)C(=O)Nc2ccccc2Cl)cc1. The minimum Gasteiger partial charge on any atom is -0.326 e. The number of unbranched alkanes of at least 4 members (excludes halogenated alkanes) is 14. The maximum Gasteiger partial charge on any atom is 0.250 e. The van der Waals surface area contributed by atoms with Crippen molar-refractivity contribution in [3.63, 3.8) is 0 Å². The number of carbonyl (C=O) groups excluding carboxylic acids is 3. The predicted octanol–water partition coefficient (Wildman–Crippen LogP) is 9.97. The lowest BCUT2D eigenvalue weighted by atomic mass is 10.0. The highest BCUT2D eigenvalue weighted by atomic mass is 35.5. The Hall–Kier alpha value is -2.37. The van der Waals surface area contributed by atoms with Gasteiger partial charge in [0.1, 0.15) is 0 Å². The fraction of sp³-hybridized carbons (Fsp3) is 0.545. The van der Waals surface area contributed by atoms with Crippen LogP contribution < -0.4 is 10.6 Å². The summed E-state index contributed by atoms with van der Waals surface area (Å²) in [7, 11) is 0. The number of para-hydroxylation sites is 1. The third-order valence-corrected chi connectivity index (χ3v) is 7.78. The van der Waals surface area contributed by atoms with Gasteiger partial charge in [-0.3, -0.25) is 14.4 Å². The van der Waals surface area contributed by atoms with Gasteiger partial charge in [-0.2, -0.15) is 0 Å². The van der Waals surface area contributed by atoms with Crippen LogP contribution >= 0.6 is 23.2 Å². The van der Waals surface area contributed by atoms with Crippen molar-refractivity contribution in [1.29, 1.82) is 0 Å². The van der Waals surface area contributed by atoms with Crippen LogP contribution in [-0.4, -0.2) is 23.0 Å². The van der Waals surface area contributed by atoms with Gasteiger partial charge in [0.25, 0.3) is 0 Å². The summed E-state index contributed by atoms with van der Waals surface area (Å²) in [4.78, 5) is 37.3. The topological polar surface area (TPSA) is 75.3 Å². The summed E-state index contributed by atoms with van der Waals surface area (Å²) in [6.07, 6.45) is 19.8. The molecule has 1 atom stereocenters. The van der Waals surface area contributed by atoms with Gasteiger partial charge in [-0.25, -0.2) is 0 Å². The number of anilines is 2. The highest BCUT2D eigenvalue weighted by Crippen LogP contribution is 2.22. The van der Waals surface area contributed by atoms with Crippen LogP contribution in [0.15, 0.2) is 48.5 Å². The number of hydrogen-bond donors (Lipinski definition) is 2. The second-order valence-electron chi connectivity index (χ2n) is 10.5. The van der Waals surface area contributed by atoms with Gasteiger partial charge in [-0.1, -0.05) is 121 Å². The fourth-order valence-electron chi connectivity index (χ4n) is 4.62. The number of amides is 2. The minimum absolute atomic E-state index is 0.0388. The fourth-order valence-corrected chi connectivity index (χ4v) is 4.99. The smallest absolute Gasteiger partial charge is 0.250 e. The number of benzene rings is 2. The average molecular weight is 590 g/mol. The second-order valence-corrected chi connectivity index (χ2v) is 11.4. The Morgan fingerprint density at radius 3 is 1.70 bits per heavy atom. The van der Waals surface area contributed by atoms with Gasteiger partial charge in [0.15, 0.2) is 11.2 Å². The molecule has 5 nitrogen and oxygen atoms in total. The number of ketones is 1. The molecule has 2 aromatic carbocycles. The van der Waals surface area contributed by atoms with Crippen LogP contribution in [0.5, 0.6) is 0 Å². The maximum atomic E-state index is 12.6. The summed E-state index contributed by atoms with van der Waals surface area (Å²) in [6.45, 7) is 2.26. The van der Waals surface area contributed by atoms with Crippen LogP contribution in [0.25, 0.3) is 0 Å². The largest absolute Gasteiger partial charge is 0.326 e. The minimum atomic E-state index is -1.40. The van der Waals surface area contributed by atoms with Crippen molar-refractivity contribution in [2.24, 2.45) is 0 Å². The molecule has 2 aromatic rings. The van der Waals surface area contributed by atoms with Crippen LogP contribution in [0.1, 0.15) is 120 Å². The Kier molecular flexibility index (Phi) is 17.3. The predicted molar refractivity (Wildman–Crippen MR) is 169 cm³/mol. The molecule has 0 heterocycles. The first-order valence-corrected chi connectivity index (χ1v) is 15.9. The maximum absolute atomic E-state index is 12.6. The lowest BCUT2D eigenvalue weighted by Crippen LogP contribution is -2.30. The molecule has 2 rings (SSSR count). The first kappa shape index (κ1) is 33.8. The van der Waals surface area contributed by atoms with Gasteiger partial charge in [-0.15, -0.1) is 11.6 Å². The Balaban J connectivity index is 1.54. The van der Waals surface area contributed by atoms with Gasteiger partial charge in [0.05, 0.1) is 10.7 Å². The Bertz CT molecular complexity index is 1030. The second kappa shape index (κ2) is 20.5. The molecule has 0 radical (unpaired) electrons. The molecule has 0 saturated carbocycles. The van der Waals surface area contributed by atoms with Crippen molar-refractivity contribution < 1.29 is 14.4 Å². The zero-order chi connectivity index (χ0) is 29.0. The zero-order valence-corrected chi connectivity index (χ0v) is 25.5. The molecule has 0 bridgehead atoms. The molecule has 0 aromatic heterocycles. The highest BCUT2D eigenvalue weighted by molar-refractivity contribution is 6.45. The Morgan fingerprint density at radius 1 is 0.675 bits per heavy atom. The van der Waals surface area contributed by atoms with Crippen LogP contribution in [0, 0.1) is 0 Å². The molecule has 0 saturated heterocycles. The van der Waals surface area contributed by atoms with E-state index in [0.29, 0.717) is 22.8 Å². The van der Waals surface area contributed by atoms with Crippen molar-refractivity contribution in [3.8, 4) is 0 Å². The molecular formula is C33H46Cl2N2O3. The molecule has 0 spiro atoms. The van der Waals surface area contributed by atoms with Crippen molar-refractivity contribution in [3.05, 3.63) is 59.1 Å². The molecule has 220 valence electrons. The van der Waals surface area contributed by atoms with Gasteiger partial charge >= 0.3 is 0 Å². The molecular weight excluding hydrogens is 543 g/mol. The molecule has 2 N–H and O–H groups in total. The summed E-state index contributed by atoms with van der Waals surface area (Å²) in [5.74, 6) is -1.22. The normalized spacial score (nSPS) is 11.7. The summed E-state index contributed by atoms with van der Waals surface area (Å²) in [5.41, 5.74) is 1.28. The number of hydrogen-bond acceptors (Lipinski definition) is 3. The van der Waals surface area contributed by atoms with E-state index >= 15 is 0 Å². The molecule has 0 fully saturated rings. The quantitative estimate of drug-likeness (QED) is 0.0659. The number of Topliss-reactive ketones (excluding diaryl/α,β-unsaturated/α-hetero) is 1. The van der Waals surface area contributed by atoms with E-state index in [2.05, 4.69) is 17.6 Å². The first-order chi connectivity index (χ1) is 19.4. The third kappa shape index (κ3) is 13.8. The molecule has 0 aliphatic rings. The van der Waals surface area contributed by atoms with E-state index in [4.69, 9.17) is 23.2 Å². The summed E-state index contributed by atoms with van der Waals surface area (Å²) in [6, 6.07) is 13.1. The first-order valence-electron chi connectivity index (χ1n) is 15.1. The van der Waals surface area contributed by atoms with Crippen molar-refractivity contribution >= 4 is 52.2 Å². The Labute approximate surface area is 250 Å². The standard InChI is InChI=1S/C33H46Cl2N2O3/c1-2-3-4-5-6-7-8-9-10-11-12-13-14-15-16-21-30(38)36-27-24-22-26(23-25-27)32(39)31(35)33(40)37-29-20-18-17-19-28(29)34/h17-20,22-25,31H,2-16,21H2,1H3,(H,36,38)(H,37,40). The van der Waals surface area contributed by atoms with Crippen LogP contribution in [-0.2, 0) is 9.59 Å². The van der Waals surface area contributed by atoms with E-state index in [1.54, 1.807) is 48.5 Å². The number of nitrogens with one attached hydrogen (secondary N) is 2. The summed E-state index contributed by atoms with van der Waals surface area (Å²) in [5, 5.41) is 4.40. The van der Waals surface area contributed by atoms with E-state index in [-0.39, 0.29) is 11.5 Å². The summed E-state index contributed by atoms with van der Waals surface area (Å²) < 4.78 is 0. The van der Waals surface area contributed by atoms with E-state index in [1.165, 1.54) is 83.5 Å². The lowest BCUT2D eigenvalue weighted by molar-refractivity contribution is -0.116. The van der Waals surface area contributed by atoms with E-state index in [0.717, 1.165) is 12.8 Å². The highest BCUT2D eigenvalue weighted by Gasteiger charge is 2.25. The number of carbonyl (C=O) groups is 3. The van der Waals surface area contributed by atoms with Gasteiger partial charge < -0.3 is 10.6 Å². The van der Waals surface area contributed by atoms with Crippen molar-refractivity contribution in [2.75, 3.05) is 10.6 Å². The lowest BCUT2D eigenvalue weighted by Gasteiger charge is -2.11. The number of rotatable bonds is 21. The van der Waals surface area contributed by atoms with E-state index in [9.17, 15) is 14.4 Å². The monoisotopic (exact) mass is 588 g/mol. The van der Waals surface area contributed by atoms with Gasteiger partial charge in [0.2, 0.25) is 11.8 Å². The van der Waals surface area contributed by atoms with Crippen LogP contribution in [0.4, 0.5) is 11.4 Å². The van der Waals surface area contributed by atoms with Gasteiger partial charge in [-0.05, 0) is 42.8 Å². The van der Waals surface area contributed by atoms with Crippen molar-refractivity contribution in [1.82, 2.24) is 0 Å². The molecule has 1 unspecified atom stereocenters. The Morgan fingerprint density at radius 2 is 1.18 bits per heavy atom. The van der Waals surface area contributed by atoms with E-state index in [1.807, 2.05) is 0 Å². The molecule has 0 aliphatic heterocycles. The van der Waals surface area contributed by atoms with Gasteiger partial charge in [0, 0.05) is 17.7 Å². The average Bonchev–Trinajstić information content (AvgIpc) is 2.96. The summed E-state index contributed by atoms with van der Waals surface area (Å²) >= 11 is 12.2.